The van der Waals surface area contributed by atoms with Gasteiger partial charge in [0.2, 0.25) is 5.90 Å². The van der Waals surface area contributed by atoms with Crippen LogP contribution in [0, 0.1) is 24.4 Å². The summed E-state index contributed by atoms with van der Waals surface area (Å²) in [6.07, 6.45) is 11.0. The van der Waals surface area contributed by atoms with Gasteiger partial charge in [-0.15, -0.1) is 0 Å². The molecule has 0 bridgehead atoms. The van der Waals surface area contributed by atoms with Gasteiger partial charge in [-0.2, -0.15) is 8.42 Å². The monoisotopic (exact) mass is 1140 g/mol. The summed E-state index contributed by atoms with van der Waals surface area (Å²) in [7, 11) is -3.98. The fourth-order valence-electron chi connectivity index (χ4n) is 6.21. The number of aryl methyl sites for hydroxylation is 1. The number of rotatable bonds is 19. The van der Waals surface area contributed by atoms with Crippen molar-refractivity contribution in [3.8, 4) is 0 Å². The maximum absolute atomic E-state index is 13.2. The number of nitrogens with one attached hydrogen (secondary N) is 2. The highest BCUT2D eigenvalue weighted by molar-refractivity contribution is 9.11. The summed E-state index contributed by atoms with van der Waals surface area (Å²) in [6, 6.07) is 10.0. The Bertz CT molecular complexity index is 2420. The van der Waals surface area contributed by atoms with Gasteiger partial charge in [0.1, 0.15) is 41.1 Å². The number of pyridine rings is 3. The van der Waals surface area contributed by atoms with Crippen LogP contribution in [0.15, 0.2) is 84.4 Å². The lowest BCUT2D eigenvalue weighted by molar-refractivity contribution is 0.0830. The number of carbonyl (C=O) groups is 2. The highest BCUT2D eigenvalue weighted by Crippen LogP contribution is 2.29. The third kappa shape index (κ3) is 17.7. The molecule has 0 aliphatic carbocycles. The summed E-state index contributed by atoms with van der Waals surface area (Å²) in [6.45, 7) is 13.8. The number of ether oxygens (including phenoxy) is 1. The van der Waals surface area contributed by atoms with Crippen LogP contribution in [0.5, 0.6) is 0 Å². The van der Waals surface area contributed by atoms with Crippen molar-refractivity contribution in [1.29, 1.82) is 0 Å². The third-order valence-electron chi connectivity index (χ3n) is 10.2. The summed E-state index contributed by atoms with van der Waals surface area (Å²) in [5.74, 6) is -1.95. The molecule has 3 N–H and O–H groups in total. The molecule has 4 aromatic rings. The van der Waals surface area contributed by atoms with Crippen molar-refractivity contribution in [2.75, 3.05) is 19.8 Å². The van der Waals surface area contributed by atoms with Crippen LogP contribution in [0.2, 0.25) is 0 Å². The van der Waals surface area contributed by atoms with Crippen molar-refractivity contribution in [2.45, 2.75) is 128 Å². The molecule has 1 aromatic carbocycles. The molecular formula is C46H62Br3F3N6O7S. The standard InChI is InChI=1S/C20H24BrFN2O4S.C13H18BrFN2O2.C13H16BrFN2O.2H2/c1-4-5-10-20(3,24-19(25)18-17(21)11-15(22)12-23-18)13-28-29(26,27)16-8-6-14(2)7-9-16;1-3-4-5-13(2,8-18)17-12(19)11-10(14)6-9(15)7-16-11;1-3-4-5-13(2)8-18-12(17-13)11-10(14)6-9(15)7-16-11;;/h6-9,11-12H,4-5,10,13H2,1-3H3,(H,24,25);6-7,18H,3-5,8H2,1-2H3,(H,17,19);6-7H,3-5,8H2,1-2H3;2*1H/t20-;2*13-;;/m111../s1. The normalized spacial score (nSPS) is 16.2. The molecule has 3 aromatic heterocycles. The number of aliphatic imine (C=N–C) groups is 1. The molecule has 5 rings (SSSR count). The van der Waals surface area contributed by atoms with E-state index in [1.54, 1.807) is 26.0 Å². The number of aliphatic hydroxyl groups is 1. The Morgan fingerprint density at radius 3 is 1.74 bits per heavy atom. The van der Waals surface area contributed by atoms with Crippen LogP contribution in [0.25, 0.3) is 0 Å². The lowest BCUT2D eigenvalue weighted by Crippen LogP contribution is -2.50. The molecule has 0 fully saturated rings. The van der Waals surface area contributed by atoms with Crippen LogP contribution in [0.1, 0.15) is 134 Å². The lowest BCUT2D eigenvalue weighted by Gasteiger charge is -2.30. The Hall–Kier alpha value is -3.82. The van der Waals surface area contributed by atoms with E-state index in [1.165, 1.54) is 30.5 Å². The molecule has 0 spiro atoms. The number of aromatic nitrogens is 3. The number of hydrogen-bond acceptors (Lipinski definition) is 11. The number of unbranched alkanes of at least 4 members (excludes halogenated alkanes) is 3. The largest absolute Gasteiger partial charge is 0.474 e. The third-order valence-corrected chi connectivity index (χ3v) is 13.3. The lowest BCUT2D eigenvalue weighted by atomic mass is 9.95. The van der Waals surface area contributed by atoms with E-state index < -0.39 is 44.6 Å². The van der Waals surface area contributed by atoms with Crippen molar-refractivity contribution < 1.29 is 48.1 Å². The molecule has 13 nitrogen and oxygen atoms in total. The molecular weight excluding hydrogens is 1080 g/mol. The first-order valence-corrected chi connectivity index (χ1v) is 25.2. The fraction of sp³-hybridized carbons (Fsp3) is 0.478. The molecule has 1 aliphatic rings. The van der Waals surface area contributed by atoms with Crippen LogP contribution < -0.4 is 10.6 Å². The highest BCUT2D eigenvalue weighted by atomic mass is 79.9. The second kappa shape index (κ2) is 26.1. The molecule has 4 heterocycles. The predicted molar refractivity (Wildman–Crippen MR) is 263 cm³/mol. The van der Waals surface area contributed by atoms with Crippen LogP contribution >= 0.6 is 47.8 Å². The van der Waals surface area contributed by atoms with Gasteiger partial charge in [0, 0.05) is 2.85 Å². The molecule has 366 valence electrons. The van der Waals surface area contributed by atoms with Crippen LogP contribution in [-0.2, 0) is 19.0 Å². The molecule has 0 saturated carbocycles. The Balaban J connectivity index is 0.000000523. The zero-order valence-electron chi connectivity index (χ0n) is 38.1. The zero-order chi connectivity index (χ0) is 49.3. The number of amides is 2. The van der Waals surface area contributed by atoms with E-state index in [1.807, 2.05) is 20.8 Å². The van der Waals surface area contributed by atoms with Gasteiger partial charge in [0.05, 0.1) is 66.7 Å². The highest BCUT2D eigenvalue weighted by Gasteiger charge is 2.34. The Labute approximate surface area is 414 Å². The van der Waals surface area contributed by atoms with E-state index in [0.717, 1.165) is 69.0 Å². The number of benzene rings is 1. The Kier molecular flexibility index (Phi) is 22.3. The van der Waals surface area contributed by atoms with Crippen molar-refractivity contribution in [3.05, 3.63) is 115 Å². The molecule has 3 atom stereocenters. The van der Waals surface area contributed by atoms with E-state index in [4.69, 9.17) is 8.92 Å². The smallest absolute Gasteiger partial charge is 0.297 e. The number of hydrogen-bond donors (Lipinski definition) is 3. The fourth-order valence-corrected chi connectivity index (χ4v) is 8.72. The maximum atomic E-state index is 13.2. The van der Waals surface area contributed by atoms with Gasteiger partial charge in [-0.1, -0.05) is 77.0 Å². The van der Waals surface area contributed by atoms with Crippen molar-refractivity contribution in [1.82, 2.24) is 25.6 Å². The summed E-state index contributed by atoms with van der Waals surface area (Å²) < 4.78 is 76.1. The molecule has 66 heavy (non-hydrogen) atoms. The predicted octanol–water partition coefficient (Wildman–Crippen LogP) is 11.2. The van der Waals surface area contributed by atoms with Gasteiger partial charge < -0.3 is 20.5 Å². The average molecular weight is 1140 g/mol. The first-order chi connectivity index (χ1) is 31.0. The van der Waals surface area contributed by atoms with Crippen LogP contribution in [-0.4, -0.2) is 82.6 Å². The van der Waals surface area contributed by atoms with Gasteiger partial charge in [-0.25, -0.2) is 33.1 Å². The molecule has 20 heteroatoms. The minimum atomic E-state index is -3.98. The maximum Gasteiger partial charge on any atom is 0.297 e. The van der Waals surface area contributed by atoms with Gasteiger partial charge in [-0.05, 0) is 125 Å². The Morgan fingerprint density at radius 2 is 1.27 bits per heavy atom. The van der Waals surface area contributed by atoms with Crippen molar-refractivity contribution >= 4 is 75.6 Å². The van der Waals surface area contributed by atoms with Crippen LogP contribution in [0.4, 0.5) is 13.2 Å². The second-order valence-corrected chi connectivity index (χ2v) is 20.9. The summed E-state index contributed by atoms with van der Waals surface area (Å²) in [4.78, 5) is 41.0. The van der Waals surface area contributed by atoms with E-state index in [2.05, 4.69) is 92.2 Å². The summed E-state index contributed by atoms with van der Waals surface area (Å²) in [5.41, 5.74) is -0.213. The number of carbonyl (C=O) groups excluding carboxylic acids is 2. The summed E-state index contributed by atoms with van der Waals surface area (Å²) >= 11 is 9.51. The second-order valence-electron chi connectivity index (χ2n) is 16.7. The Morgan fingerprint density at radius 1 is 0.803 bits per heavy atom. The molecule has 0 unspecified atom stereocenters. The van der Waals surface area contributed by atoms with Crippen molar-refractivity contribution in [3.63, 3.8) is 0 Å². The van der Waals surface area contributed by atoms with Crippen LogP contribution in [0.3, 0.4) is 0 Å². The quantitative estimate of drug-likeness (QED) is 0.0764. The van der Waals surface area contributed by atoms with Gasteiger partial charge in [0.15, 0.2) is 0 Å². The first-order valence-electron chi connectivity index (χ1n) is 21.4. The van der Waals surface area contributed by atoms with Gasteiger partial charge in [0.25, 0.3) is 21.9 Å². The molecule has 0 radical (unpaired) electrons. The minimum Gasteiger partial charge on any atom is -0.474 e. The number of aliphatic hydroxyl groups excluding tert-OH is 1. The van der Waals surface area contributed by atoms with Gasteiger partial charge >= 0.3 is 0 Å². The van der Waals surface area contributed by atoms with E-state index in [9.17, 15) is 36.3 Å². The molecule has 1 aliphatic heterocycles. The average Bonchev–Trinajstić information content (AvgIpc) is 3.65. The van der Waals surface area contributed by atoms with E-state index in [0.29, 0.717) is 40.0 Å². The molecule has 0 saturated heterocycles. The minimum absolute atomic E-state index is 0. The first kappa shape index (κ1) is 56.5. The van der Waals surface area contributed by atoms with Crippen molar-refractivity contribution in [2.24, 2.45) is 4.99 Å². The number of halogens is 6. The topological polar surface area (TPSA) is 182 Å². The van der Waals surface area contributed by atoms with E-state index >= 15 is 0 Å². The molecule has 2 amide bonds. The van der Waals surface area contributed by atoms with Gasteiger partial charge in [-0.3, -0.25) is 13.8 Å². The zero-order valence-corrected chi connectivity index (χ0v) is 43.7. The SMILES string of the molecule is CCCC[C@](C)(CO)NC(=O)c1ncc(F)cc1Br.CCCC[C@](C)(COS(=O)(=O)c1ccc(C)cc1)NC(=O)c1ncc(F)cc1Br.CCCC[C@]1(C)COC(c2ncc(F)cc2Br)=N1.[HH].[HH]. The summed E-state index contributed by atoms with van der Waals surface area (Å²) in [5, 5.41) is 15.0. The number of nitrogens with zero attached hydrogens (tertiary/aromatic N) is 4. The van der Waals surface area contributed by atoms with E-state index in [-0.39, 0.29) is 48.2 Å².